The fourth-order valence-corrected chi connectivity index (χ4v) is 0.287. The summed E-state index contributed by atoms with van der Waals surface area (Å²) < 4.78 is 0. The Morgan fingerprint density at radius 3 is 2.33 bits per heavy atom. The molecule has 0 aromatic rings. The molecule has 0 fully saturated rings. The summed E-state index contributed by atoms with van der Waals surface area (Å²) in [6, 6.07) is 0. The molecule has 2 nitrogen and oxygen atoms in total. The summed E-state index contributed by atoms with van der Waals surface area (Å²) in [7, 11) is 1.77. The van der Waals surface area contributed by atoms with Gasteiger partial charge in [0.25, 0.3) is 0 Å². The van der Waals surface area contributed by atoms with E-state index in [-0.39, 0.29) is 0 Å². The number of rotatable bonds is 2. The van der Waals surface area contributed by atoms with Gasteiger partial charge >= 0.3 is 0 Å². The van der Waals surface area contributed by atoms with Crippen molar-refractivity contribution < 1.29 is 5.11 Å². The SMILES string of the molecule is CNCC(C)[O]. The lowest BCUT2D eigenvalue weighted by molar-refractivity contribution is 0.106. The van der Waals surface area contributed by atoms with E-state index in [9.17, 15) is 5.11 Å². The maximum absolute atomic E-state index is 10.1. The van der Waals surface area contributed by atoms with Gasteiger partial charge in [-0.15, -0.1) is 0 Å². The van der Waals surface area contributed by atoms with Gasteiger partial charge in [-0.25, -0.2) is 5.11 Å². The zero-order valence-electron chi connectivity index (χ0n) is 4.19. The molecule has 1 radical (unpaired) electrons. The molecule has 37 valence electrons. The first kappa shape index (κ1) is 5.92. The smallest absolute Gasteiger partial charge is 0.103 e. The van der Waals surface area contributed by atoms with E-state index in [1.807, 2.05) is 0 Å². The molecule has 0 aromatic carbocycles. The van der Waals surface area contributed by atoms with Gasteiger partial charge in [0.15, 0.2) is 0 Å². The molecule has 0 saturated heterocycles. The number of likely N-dealkylation sites (N-methyl/N-ethyl adjacent to an activating group) is 1. The molecule has 1 unspecified atom stereocenters. The molecule has 0 aliphatic rings. The van der Waals surface area contributed by atoms with Crippen molar-refractivity contribution in [1.29, 1.82) is 0 Å². The van der Waals surface area contributed by atoms with Crippen LogP contribution in [0.4, 0.5) is 0 Å². The monoisotopic (exact) mass is 88.1 g/mol. The van der Waals surface area contributed by atoms with E-state index in [2.05, 4.69) is 5.32 Å². The quantitative estimate of drug-likeness (QED) is 0.507. The molecule has 0 rings (SSSR count). The van der Waals surface area contributed by atoms with Gasteiger partial charge < -0.3 is 5.32 Å². The summed E-state index contributed by atoms with van der Waals surface area (Å²) in [5.74, 6) is 0. The molecule has 0 spiro atoms. The summed E-state index contributed by atoms with van der Waals surface area (Å²) in [6.45, 7) is 2.20. The van der Waals surface area contributed by atoms with E-state index in [0.717, 1.165) is 0 Å². The van der Waals surface area contributed by atoms with E-state index in [1.54, 1.807) is 14.0 Å². The van der Waals surface area contributed by atoms with Gasteiger partial charge in [-0.2, -0.15) is 0 Å². The molecule has 1 atom stereocenters. The van der Waals surface area contributed by atoms with E-state index in [0.29, 0.717) is 6.54 Å². The van der Waals surface area contributed by atoms with Crippen molar-refractivity contribution in [3.8, 4) is 0 Å². The molecule has 0 bridgehead atoms. The summed E-state index contributed by atoms with van der Waals surface area (Å²) >= 11 is 0. The van der Waals surface area contributed by atoms with Gasteiger partial charge in [-0.3, -0.25) is 0 Å². The molecule has 0 aliphatic carbocycles. The van der Waals surface area contributed by atoms with Gasteiger partial charge in [0.2, 0.25) is 0 Å². The molecule has 1 N–H and O–H groups in total. The summed E-state index contributed by atoms with van der Waals surface area (Å²) in [5, 5.41) is 12.8. The largest absolute Gasteiger partial charge is 0.317 e. The van der Waals surface area contributed by atoms with Gasteiger partial charge in [-0.05, 0) is 14.0 Å². The Kier molecular flexibility index (Phi) is 3.08. The predicted octanol–water partition coefficient (Wildman–Crippen LogP) is 0.0248. The second-order valence-electron chi connectivity index (χ2n) is 1.37. The second kappa shape index (κ2) is 3.12. The third kappa shape index (κ3) is 3.92. The molecule has 2 heteroatoms. The third-order valence-electron chi connectivity index (χ3n) is 0.492. The summed E-state index contributed by atoms with van der Waals surface area (Å²) in [6.07, 6.45) is -0.463. The van der Waals surface area contributed by atoms with Crippen LogP contribution in [0.25, 0.3) is 0 Å². The van der Waals surface area contributed by atoms with Gasteiger partial charge in [0, 0.05) is 6.54 Å². The molecule has 0 amide bonds. The number of nitrogens with one attached hydrogen (secondary N) is 1. The van der Waals surface area contributed by atoms with Crippen LogP contribution in [0.15, 0.2) is 0 Å². The Morgan fingerprint density at radius 2 is 2.33 bits per heavy atom. The Balaban J connectivity index is 2.63. The van der Waals surface area contributed by atoms with Crippen LogP contribution < -0.4 is 5.32 Å². The Labute approximate surface area is 38.2 Å². The molecular weight excluding hydrogens is 78.0 g/mol. The maximum Gasteiger partial charge on any atom is 0.103 e. The first-order chi connectivity index (χ1) is 2.77. The third-order valence-corrected chi connectivity index (χ3v) is 0.492. The first-order valence-electron chi connectivity index (χ1n) is 2.07. The highest BCUT2D eigenvalue weighted by Gasteiger charge is 1.89. The van der Waals surface area contributed by atoms with Gasteiger partial charge in [-0.1, -0.05) is 0 Å². The molecule has 0 aromatic heterocycles. The van der Waals surface area contributed by atoms with Crippen molar-refractivity contribution >= 4 is 0 Å². The van der Waals surface area contributed by atoms with E-state index in [4.69, 9.17) is 0 Å². The van der Waals surface area contributed by atoms with E-state index in [1.165, 1.54) is 0 Å². The van der Waals surface area contributed by atoms with Crippen molar-refractivity contribution in [1.82, 2.24) is 5.32 Å². The van der Waals surface area contributed by atoms with Crippen molar-refractivity contribution in [2.45, 2.75) is 13.0 Å². The standard InChI is InChI=1S/C4H10NO/c1-4(6)3-5-2/h4-5H,3H2,1-2H3. The zero-order chi connectivity index (χ0) is 4.99. The molecule has 0 heterocycles. The Morgan fingerprint density at radius 1 is 1.83 bits per heavy atom. The lowest BCUT2D eigenvalue weighted by Gasteiger charge is -1.94. The predicted molar refractivity (Wildman–Crippen MR) is 24.1 cm³/mol. The summed E-state index contributed by atoms with van der Waals surface area (Å²) in [4.78, 5) is 0. The van der Waals surface area contributed by atoms with Crippen LogP contribution >= 0.6 is 0 Å². The fraction of sp³-hybridized carbons (Fsp3) is 1.00. The molecule has 0 saturated carbocycles. The minimum atomic E-state index is -0.463. The Hall–Kier alpha value is -0.0800. The highest BCUT2D eigenvalue weighted by atomic mass is 16.3. The van der Waals surface area contributed by atoms with E-state index >= 15 is 0 Å². The number of hydrogen-bond donors (Lipinski definition) is 1. The normalized spacial score (nSPS) is 14.5. The summed E-state index contributed by atoms with van der Waals surface area (Å²) in [5.41, 5.74) is 0. The highest BCUT2D eigenvalue weighted by Crippen LogP contribution is 1.71. The van der Waals surface area contributed by atoms with Crippen molar-refractivity contribution in [3.05, 3.63) is 0 Å². The van der Waals surface area contributed by atoms with Crippen LogP contribution in [-0.4, -0.2) is 19.7 Å². The zero-order valence-corrected chi connectivity index (χ0v) is 4.19. The number of hydrogen-bond acceptors (Lipinski definition) is 1. The minimum absolute atomic E-state index is 0.463. The van der Waals surface area contributed by atoms with Crippen molar-refractivity contribution in [2.75, 3.05) is 13.6 Å². The van der Waals surface area contributed by atoms with Crippen LogP contribution in [0.1, 0.15) is 6.92 Å². The molecule has 0 aliphatic heterocycles. The van der Waals surface area contributed by atoms with Crippen LogP contribution in [0.3, 0.4) is 0 Å². The van der Waals surface area contributed by atoms with Gasteiger partial charge in [0.05, 0.1) is 0 Å². The van der Waals surface area contributed by atoms with Crippen molar-refractivity contribution in [3.63, 3.8) is 0 Å². The molecule has 6 heavy (non-hydrogen) atoms. The first-order valence-corrected chi connectivity index (χ1v) is 2.07. The minimum Gasteiger partial charge on any atom is -0.317 e. The van der Waals surface area contributed by atoms with E-state index < -0.39 is 6.10 Å². The average Bonchev–Trinajstić information content (AvgIpc) is 1.35. The fourth-order valence-electron chi connectivity index (χ4n) is 0.287. The average molecular weight is 88.1 g/mol. The van der Waals surface area contributed by atoms with Crippen molar-refractivity contribution in [2.24, 2.45) is 0 Å². The Bertz CT molecular complexity index is 28.7. The van der Waals surface area contributed by atoms with Crippen LogP contribution in [0.5, 0.6) is 0 Å². The second-order valence-corrected chi connectivity index (χ2v) is 1.37. The van der Waals surface area contributed by atoms with Crippen LogP contribution in [0.2, 0.25) is 0 Å². The highest BCUT2D eigenvalue weighted by molar-refractivity contribution is 4.44. The van der Waals surface area contributed by atoms with Crippen LogP contribution in [0, 0.1) is 0 Å². The van der Waals surface area contributed by atoms with Gasteiger partial charge in [0.1, 0.15) is 6.10 Å². The molecular formula is C4H10NO. The lowest BCUT2D eigenvalue weighted by atomic mass is 10.4. The lowest BCUT2D eigenvalue weighted by Crippen LogP contribution is -2.18. The maximum atomic E-state index is 10.1. The van der Waals surface area contributed by atoms with Crippen LogP contribution in [-0.2, 0) is 5.11 Å². The topological polar surface area (TPSA) is 31.9 Å².